The number of hydrogen-bond acceptors (Lipinski definition) is 3. The Labute approximate surface area is 106 Å². The maximum atomic E-state index is 12.3. The molecular formula is C14H28N2O. The second-order valence-corrected chi connectivity index (χ2v) is 6.76. The Morgan fingerprint density at radius 2 is 1.71 bits per heavy atom. The van der Waals surface area contributed by atoms with Crippen LogP contribution in [0.3, 0.4) is 0 Å². The summed E-state index contributed by atoms with van der Waals surface area (Å²) in [5.74, 6) is 0.230. The largest absolute Gasteiger partial charge is 0.403 e. The van der Waals surface area contributed by atoms with Gasteiger partial charge in [-0.2, -0.15) is 0 Å². The molecule has 0 aliphatic carbocycles. The van der Waals surface area contributed by atoms with Crippen LogP contribution in [0, 0.1) is 5.41 Å². The highest BCUT2D eigenvalue weighted by molar-refractivity contribution is 5.88. The van der Waals surface area contributed by atoms with Gasteiger partial charge in [0.05, 0.1) is 6.04 Å². The molecule has 0 aromatic carbocycles. The Morgan fingerprint density at radius 3 is 2.00 bits per heavy atom. The summed E-state index contributed by atoms with van der Waals surface area (Å²) >= 11 is 0. The van der Waals surface area contributed by atoms with Crippen LogP contribution >= 0.6 is 0 Å². The van der Waals surface area contributed by atoms with E-state index in [9.17, 15) is 4.79 Å². The number of hydrogen-bond donors (Lipinski definition) is 2. The van der Waals surface area contributed by atoms with E-state index in [1.165, 1.54) is 0 Å². The summed E-state index contributed by atoms with van der Waals surface area (Å²) in [6.45, 7) is 15.7. The van der Waals surface area contributed by atoms with Gasteiger partial charge in [0.25, 0.3) is 0 Å². The van der Waals surface area contributed by atoms with E-state index in [1.54, 1.807) is 0 Å². The standard InChI is InChI=1S/C14H28N2O/c1-10(15)8-9-11(16-14(5,6)7)12(17)13(2,3)4/h11,16H,1,8-9,15H2,2-7H3. The number of ketones is 1. The van der Waals surface area contributed by atoms with Crippen molar-refractivity contribution in [1.29, 1.82) is 0 Å². The van der Waals surface area contributed by atoms with Crippen LogP contribution in [0.4, 0.5) is 0 Å². The monoisotopic (exact) mass is 240 g/mol. The van der Waals surface area contributed by atoms with Crippen molar-refractivity contribution in [3.05, 3.63) is 12.3 Å². The first-order valence-electron chi connectivity index (χ1n) is 6.19. The van der Waals surface area contributed by atoms with Gasteiger partial charge in [-0.3, -0.25) is 4.79 Å². The highest BCUT2D eigenvalue weighted by Crippen LogP contribution is 2.21. The van der Waals surface area contributed by atoms with Crippen LogP contribution in [-0.4, -0.2) is 17.4 Å². The van der Waals surface area contributed by atoms with Crippen molar-refractivity contribution >= 4 is 5.78 Å². The van der Waals surface area contributed by atoms with Gasteiger partial charge in [-0.15, -0.1) is 0 Å². The van der Waals surface area contributed by atoms with Crippen LogP contribution in [0.5, 0.6) is 0 Å². The van der Waals surface area contributed by atoms with E-state index in [-0.39, 0.29) is 22.8 Å². The molecular weight excluding hydrogens is 212 g/mol. The molecule has 0 aliphatic heterocycles. The summed E-state index contributed by atoms with van der Waals surface area (Å²) in [4.78, 5) is 12.3. The summed E-state index contributed by atoms with van der Waals surface area (Å²) in [6.07, 6.45) is 1.39. The van der Waals surface area contributed by atoms with Crippen LogP contribution in [0.15, 0.2) is 12.3 Å². The van der Waals surface area contributed by atoms with Crippen molar-refractivity contribution in [3.63, 3.8) is 0 Å². The molecule has 0 saturated carbocycles. The summed E-state index contributed by atoms with van der Waals surface area (Å²) < 4.78 is 0. The first-order valence-corrected chi connectivity index (χ1v) is 6.19. The Bertz CT molecular complexity index is 282. The molecule has 3 N–H and O–H groups in total. The predicted octanol–water partition coefficient (Wildman–Crippen LogP) is 2.61. The van der Waals surface area contributed by atoms with Gasteiger partial charge in [0.15, 0.2) is 5.78 Å². The van der Waals surface area contributed by atoms with Crippen LogP contribution < -0.4 is 11.1 Å². The third-order valence-corrected chi connectivity index (χ3v) is 2.42. The van der Waals surface area contributed by atoms with Gasteiger partial charge in [-0.05, 0) is 33.6 Å². The fraction of sp³-hybridized carbons (Fsp3) is 0.786. The molecule has 0 aromatic heterocycles. The number of rotatable bonds is 5. The average molecular weight is 240 g/mol. The summed E-state index contributed by atoms with van der Waals surface area (Å²) in [5.41, 5.74) is 5.80. The quantitative estimate of drug-likeness (QED) is 0.776. The molecule has 0 bridgehead atoms. The van der Waals surface area contributed by atoms with Gasteiger partial charge in [0.2, 0.25) is 0 Å². The van der Waals surface area contributed by atoms with Crippen molar-refractivity contribution in [2.75, 3.05) is 0 Å². The molecule has 17 heavy (non-hydrogen) atoms. The molecule has 0 radical (unpaired) electrons. The zero-order chi connectivity index (χ0) is 13.9. The van der Waals surface area contributed by atoms with E-state index in [0.717, 1.165) is 0 Å². The molecule has 0 aromatic rings. The fourth-order valence-corrected chi connectivity index (χ4v) is 1.64. The highest BCUT2D eigenvalue weighted by atomic mass is 16.1. The van der Waals surface area contributed by atoms with E-state index >= 15 is 0 Å². The van der Waals surface area contributed by atoms with E-state index < -0.39 is 0 Å². The SMILES string of the molecule is C=C(N)CCC(NC(C)(C)C)C(=O)C(C)(C)C. The lowest BCUT2D eigenvalue weighted by atomic mass is 9.84. The van der Waals surface area contributed by atoms with Crippen molar-refractivity contribution in [3.8, 4) is 0 Å². The van der Waals surface area contributed by atoms with Gasteiger partial charge in [-0.1, -0.05) is 27.4 Å². The Hall–Kier alpha value is -0.830. The number of nitrogens with one attached hydrogen (secondary N) is 1. The molecule has 0 fully saturated rings. The Kier molecular flexibility index (Phi) is 5.40. The van der Waals surface area contributed by atoms with Crippen molar-refractivity contribution < 1.29 is 4.79 Å². The van der Waals surface area contributed by atoms with Gasteiger partial charge in [0, 0.05) is 16.7 Å². The van der Waals surface area contributed by atoms with Gasteiger partial charge in [0.1, 0.15) is 0 Å². The molecule has 3 nitrogen and oxygen atoms in total. The summed E-state index contributed by atoms with van der Waals surface area (Å²) in [5, 5.41) is 3.37. The zero-order valence-electron chi connectivity index (χ0n) is 12.2. The van der Waals surface area contributed by atoms with Crippen molar-refractivity contribution in [1.82, 2.24) is 5.32 Å². The molecule has 0 heterocycles. The molecule has 3 heteroatoms. The lowest BCUT2D eigenvalue weighted by Crippen LogP contribution is -2.50. The molecule has 100 valence electrons. The minimum absolute atomic E-state index is 0.0818. The lowest BCUT2D eigenvalue weighted by Gasteiger charge is -2.31. The van der Waals surface area contributed by atoms with Crippen LogP contribution in [0.25, 0.3) is 0 Å². The third kappa shape index (κ3) is 7.16. The summed E-state index contributed by atoms with van der Waals surface area (Å²) in [7, 11) is 0. The van der Waals surface area contributed by atoms with Crippen LogP contribution in [0.1, 0.15) is 54.4 Å². The maximum Gasteiger partial charge on any atom is 0.155 e. The normalized spacial score (nSPS) is 14.5. The van der Waals surface area contributed by atoms with Crippen molar-refractivity contribution in [2.45, 2.75) is 66.0 Å². The van der Waals surface area contributed by atoms with E-state index in [2.05, 4.69) is 32.7 Å². The van der Waals surface area contributed by atoms with Gasteiger partial charge < -0.3 is 11.1 Å². The number of allylic oxidation sites excluding steroid dienone is 1. The van der Waals surface area contributed by atoms with Gasteiger partial charge in [-0.25, -0.2) is 0 Å². The number of nitrogens with two attached hydrogens (primary N) is 1. The van der Waals surface area contributed by atoms with Crippen molar-refractivity contribution in [2.24, 2.45) is 11.1 Å². The maximum absolute atomic E-state index is 12.3. The third-order valence-electron chi connectivity index (χ3n) is 2.42. The molecule has 1 atom stereocenters. The molecule has 0 rings (SSSR count). The average Bonchev–Trinajstić information content (AvgIpc) is 2.07. The predicted molar refractivity (Wildman–Crippen MR) is 73.7 cm³/mol. The van der Waals surface area contributed by atoms with Crippen LogP contribution in [-0.2, 0) is 4.79 Å². The molecule has 0 saturated heterocycles. The van der Waals surface area contributed by atoms with Gasteiger partial charge >= 0.3 is 0 Å². The topological polar surface area (TPSA) is 55.1 Å². The van der Waals surface area contributed by atoms with E-state index in [1.807, 2.05) is 20.8 Å². The fourth-order valence-electron chi connectivity index (χ4n) is 1.64. The first-order chi connectivity index (χ1) is 7.43. The zero-order valence-corrected chi connectivity index (χ0v) is 12.2. The highest BCUT2D eigenvalue weighted by Gasteiger charge is 2.31. The number of carbonyl (C=O) groups excluding carboxylic acids is 1. The molecule has 0 spiro atoms. The Morgan fingerprint density at radius 1 is 1.24 bits per heavy atom. The smallest absolute Gasteiger partial charge is 0.155 e. The Balaban J connectivity index is 4.73. The first kappa shape index (κ1) is 16.2. The molecule has 1 unspecified atom stereocenters. The second-order valence-electron chi connectivity index (χ2n) is 6.76. The molecule has 0 amide bonds. The van der Waals surface area contributed by atoms with Crippen LogP contribution in [0.2, 0.25) is 0 Å². The number of carbonyl (C=O) groups is 1. The lowest BCUT2D eigenvalue weighted by molar-refractivity contribution is -0.129. The van der Waals surface area contributed by atoms with E-state index in [4.69, 9.17) is 5.73 Å². The number of Topliss-reactive ketones (excluding diaryl/α,β-unsaturated/α-hetero) is 1. The summed E-state index contributed by atoms with van der Waals surface area (Å²) in [6, 6.07) is -0.157. The second kappa shape index (κ2) is 5.67. The van der Waals surface area contributed by atoms with E-state index in [0.29, 0.717) is 18.5 Å². The minimum atomic E-state index is -0.334. The molecule has 0 aliphatic rings. The minimum Gasteiger partial charge on any atom is -0.403 e.